The SMILES string of the molecule is Cc1cc(F)c(F)cc1CC1CCNCC1. The lowest BCUT2D eigenvalue weighted by Crippen LogP contribution is -2.28. The quantitative estimate of drug-likeness (QED) is 0.816. The first-order valence-corrected chi connectivity index (χ1v) is 5.82. The molecule has 2 rings (SSSR count). The second-order valence-electron chi connectivity index (χ2n) is 4.59. The van der Waals surface area contributed by atoms with Crippen molar-refractivity contribution in [3.63, 3.8) is 0 Å². The van der Waals surface area contributed by atoms with E-state index in [1.165, 1.54) is 12.1 Å². The molecule has 0 amide bonds. The summed E-state index contributed by atoms with van der Waals surface area (Å²) in [5.74, 6) is -0.870. The van der Waals surface area contributed by atoms with E-state index in [0.717, 1.165) is 43.5 Å². The molecule has 1 N–H and O–H groups in total. The molecule has 1 aliphatic rings. The molecule has 0 aromatic heterocycles. The van der Waals surface area contributed by atoms with Gasteiger partial charge < -0.3 is 5.32 Å². The minimum absolute atomic E-state index is 0.602. The van der Waals surface area contributed by atoms with E-state index >= 15 is 0 Å². The zero-order chi connectivity index (χ0) is 11.5. The largest absolute Gasteiger partial charge is 0.317 e. The van der Waals surface area contributed by atoms with Crippen LogP contribution in [0.1, 0.15) is 24.0 Å². The second-order valence-corrected chi connectivity index (χ2v) is 4.59. The van der Waals surface area contributed by atoms with Gasteiger partial charge in [-0.25, -0.2) is 8.78 Å². The number of nitrogens with one attached hydrogen (secondary N) is 1. The van der Waals surface area contributed by atoms with Gasteiger partial charge in [0, 0.05) is 0 Å². The molecular formula is C13H17F2N. The van der Waals surface area contributed by atoms with Crippen LogP contribution in [0.2, 0.25) is 0 Å². The second kappa shape index (κ2) is 4.91. The molecule has 0 radical (unpaired) electrons. The van der Waals surface area contributed by atoms with Gasteiger partial charge in [0.2, 0.25) is 0 Å². The average Bonchev–Trinajstić information content (AvgIpc) is 2.27. The average molecular weight is 225 g/mol. The molecule has 1 aromatic carbocycles. The Morgan fingerprint density at radius 1 is 1.19 bits per heavy atom. The Hall–Kier alpha value is -0.960. The lowest BCUT2D eigenvalue weighted by Gasteiger charge is -2.23. The highest BCUT2D eigenvalue weighted by Crippen LogP contribution is 2.22. The third kappa shape index (κ3) is 2.59. The Morgan fingerprint density at radius 2 is 1.81 bits per heavy atom. The Morgan fingerprint density at radius 3 is 2.50 bits per heavy atom. The van der Waals surface area contributed by atoms with Crippen molar-refractivity contribution in [1.29, 1.82) is 0 Å². The fraction of sp³-hybridized carbons (Fsp3) is 0.538. The topological polar surface area (TPSA) is 12.0 Å². The molecule has 1 nitrogen and oxygen atoms in total. The Kier molecular flexibility index (Phi) is 3.54. The minimum atomic E-state index is -0.744. The lowest BCUT2D eigenvalue weighted by atomic mass is 9.89. The van der Waals surface area contributed by atoms with Crippen LogP contribution in [-0.4, -0.2) is 13.1 Å². The van der Waals surface area contributed by atoms with Crippen LogP contribution in [0.15, 0.2) is 12.1 Å². The van der Waals surface area contributed by atoms with Crippen LogP contribution in [0.25, 0.3) is 0 Å². The monoisotopic (exact) mass is 225 g/mol. The highest BCUT2D eigenvalue weighted by atomic mass is 19.2. The highest BCUT2D eigenvalue weighted by molar-refractivity contribution is 5.28. The van der Waals surface area contributed by atoms with E-state index in [0.29, 0.717) is 5.92 Å². The first-order valence-electron chi connectivity index (χ1n) is 5.82. The van der Waals surface area contributed by atoms with E-state index in [9.17, 15) is 8.78 Å². The van der Waals surface area contributed by atoms with Crippen molar-refractivity contribution in [2.45, 2.75) is 26.2 Å². The predicted molar refractivity (Wildman–Crippen MR) is 60.4 cm³/mol. The van der Waals surface area contributed by atoms with Crippen molar-refractivity contribution in [3.05, 3.63) is 34.9 Å². The van der Waals surface area contributed by atoms with Crippen molar-refractivity contribution in [1.82, 2.24) is 5.32 Å². The summed E-state index contributed by atoms with van der Waals surface area (Å²) in [4.78, 5) is 0. The van der Waals surface area contributed by atoms with Crippen molar-refractivity contribution in [2.24, 2.45) is 5.92 Å². The molecule has 0 aliphatic carbocycles. The summed E-state index contributed by atoms with van der Waals surface area (Å²) < 4.78 is 26.1. The summed E-state index contributed by atoms with van der Waals surface area (Å²) in [6.45, 7) is 3.92. The van der Waals surface area contributed by atoms with Gasteiger partial charge in [-0.2, -0.15) is 0 Å². The molecule has 0 atom stereocenters. The number of hydrogen-bond acceptors (Lipinski definition) is 1. The summed E-state index contributed by atoms with van der Waals surface area (Å²) in [5, 5.41) is 3.30. The lowest BCUT2D eigenvalue weighted by molar-refractivity contribution is 0.371. The molecule has 0 unspecified atom stereocenters. The fourth-order valence-corrected chi connectivity index (χ4v) is 2.30. The molecule has 0 spiro atoms. The third-order valence-electron chi connectivity index (χ3n) is 3.35. The summed E-state index contributed by atoms with van der Waals surface area (Å²) in [7, 11) is 0. The first kappa shape index (κ1) is 11.5. The van der Waals surface area contributed by atoms with E-state index in [2.05, 4.69) is 5.32 Å². The molecule has 1 fully saturated rings. The Labute approximate surface area is 94.9 Å². The van der Waals surface area contributed by atoms with Gasteiger partial charge in [0.15, 0.2) is 11.6 Å². The maximum Gasteiger partial charge on any atom is 0.159 e. The van der Waals surface area contributed by atoms with Crippen molar-refractivity contribution in [3.8, 4) is 0 Å². The van der Waals surface area contributed by atoms with Crippen LogP contribution >= 0.6 is 0 Å². The minimum Gasteiger partial charge on any atom is -0.317 e. The molecule has 16 heavy (non-hydrogen) atoms. The maximum atomic E-state index is 13.1. The molecule has 0 saturated carbocycles. The summed E-state index contributed by atoms with van der Waals surface area (Å²) in [5.41, 5.74) is 1.81. The smallest absolute Gasteiger partial charge is 0.159 e. The van der Waals surface area contributed by atoms with E-state index in [1.54, 1.807) is 0 Å². The molecule has 3 heteroatoms. The van der Waals surface area contributed by atoms with Gasteiger partial charge in [0.25, 0.3) is 0 Å². The van der Waals surface area contributed by atoms with E-state index in [-0.39, 0.29) is 0 Å². The molecule has 88 valence electrons. The van der Waals surface area contributed by atoms with Gasteiger partial charge in [0.1, 0.15) is 0 Å². The molecule has 1 heterocycles. The van der Waals surface area contributed by atoms with E-state index < -0.39 is 11.6 Å². The van der Waals surface area contributed by atoms with E-state index in [4.69, 9.17) is 0 Å². The van der Waals surface area contributed by atoms with Crippen molar-refractivity contribution < 1.29 is 8.78 Å². The highest BCUT2D eigenvalue weighted by Gasteiger charge is 2.15. The number of hydrogen-bond donors (Lipinski definition) is 1. The van der Waals surface area contributed by atoms with Gasteiger partial charge in [-0.1, -0.05) is 0 Å². The molecule has 0 bridgehead atoms. The van der Waals surface area contributed by atoms with Gasteiger partial charge in [-0.15, -0.1) is 0 Å². The van der Waals surface area contributed by atoms with Gasteiger partial charge in [-0.3, -0.25) is 0 Å². The van der Waals surface area contributed by atoms with Crippen LogP contribution in [0.5, 0.6) is 0 Å². The Bertz CT molecular complexity index is 370. The molecular weight excluding hydrogens is 208 g/mol. The summed E-state index contributed by atoms with van der Waals surface area (Å²) in [6, 6.07) is 2.65. The van der Waals surface area contributed by atoms with Crippen molar-refractivity contribution >= 4 is 0 Å². The standard InChI is InChI=1S/C13H17F2N/c1-9-6-12(14)13(15)8-11(9)7-10-2-4-16-5-3-10/h6,8,10,16H,2-5,7H2,1H3. The number of aryl methyl sites for hydroxylation is 1. The van der Waals surface area contributed by atoms with E-state index in [1.807, 2.05) is 6.92 Å². The fourth-order valence-electron chi connectivity index (χ4n) is 2.30. The summed E-state index contributed by atoms with van der Waals surface area (Å²) in [6.07, 6.45) is 3.11. The number of piperidine rings is 1. The molecule has 1 saturated heterocycles. The maximum absolute atomic E-state index is 13.1. The van der Waals surface area contributed by atoms with Crippen LogP contribution in [0.4, 0.5) is 8.78 Å². The van der Waals surface area contributed by atoms with Crippen LogP contribution < -0.4 is 5.32 Å². The normalized spacial score (nSPS) is 17.7. The third-order valence-corrected chi connectivity index (χ3v) is 3.35. The summed E-state index contributed by atoms with van der Waals surface area (Å²) >= 11 is 0. The van der Waals surface area contributed by atoms with Crippen LogP contribution in [0.3, 0.4) is 0 Å². The molecule has 1 aliphatic heterocycles. The zero-order valence-electron chi connectivity index (χ0n) is 9.52. The molecule has 1 aromatic rings. The van der Waals surface area contributed by atoms with Gasteiger partial charge in [0.05, 0.1) is 0 Å². The van der Waals surface area contributed by atoms with Crippen LogP contribution in [-0.2, 0) is 6.42 Å². The Balaban J connectivity index is 2.11. The van der Waals surface area contributed by atoms with Gasteiger partial charge >= 0.3 is 0 Å². The predicted octanol–water partition coefficient (Wildman–Crippen LogP) is 2.82. The zero-order valence-corrected chi connectivity index (χ0v) is 9.52. The number of rotatable bonds is 2. The van der Waals surface area contributed by atoms with Gasteiger partial charge in [-0.05, 0) is 68.5 Å². The number of benzene rings is 1. The van der Waals surface area contributed by atoms with Crippen molar-refractivity contribution in [2.75, 3.05) is 13.1 Å². The first-order chi connectivity index (χ1) is 7.66. The number of halogens is 2. The van der Waals surface area contributed by atoms with Crippen LogP contribution in [0, 0.1) is 24.5 Å².